The van der Waals surface area contributed by atoms with Crippen molar-refractivity contribution in [2.75, 3.05) is 13.1 Å². The van der Waals surface area contributed by atoms with Crippen molar-refractivity contribution in [3.8, 4) is 0 Å². The Bertz CT molecular complexity index is 226. The Balaban J connectivity index is 2.43. The quantitative estimate of drug-likeness (QED) is 0.800. The Labute approximate surface area is 99.4 Å². The Morgan fingerprint density at radius 2 is 2.00 bits per heavy atom. The third kappa shape index (κ3) is 4.12. The summed E-state index contributed by atoms with van der Waals surface area (Å²) in [6.45, 7) is 8.31. The summed E-state index contributed by atoms with van der Waals surface area (Å²) in [7, 11) is 0. The van der Waals surface area contributed by atoms with Gasteiger partial charge < -0.3 is 10.6 Å². The first-order valence-electron chi connectivity index (χ1n) is 6.54. The minimum atomic E-state index is -0.0170. The summed E-state index contributed by atoms with van der Waals surface area (Å²) in [4.78, 5) is 13.9. The number of rotatable bonds is 3. The van der Waals surface area contributed by atoms with Gasteiger partial charge in [0, 0.05) is 25.6 Å². The Kier molecular flexibility index (Phi) is 5.26. The van der Waals surface area contributed by atoms with Crippen molar-refractivity contribution in [1.29, 1.82) is 0 Å². The fraction of sp³-hybridized carbons (Fsp3) is 0.923. The summed E-state index contributed by atoms with van der Waals surface area (Å²) in [5, 5.41) is 0. The number of amides is 1. The predicted octanol–water partition coefficient (Wildman–Crippen LogP) is 2.01. The summed E-state index contributed by atoms with van der Waals surface area (Å²) in [5.74, 6) is 1.76. The topological polar surface area (TPSA) is 46.3 Å². The van der Waals surface area contributed by atoms with Gasteiger partial charge in [0.05, 0.1) is 0 Å². The fourth-order valence-electron chi connectivity index (χ4n) is 2.44. The smallest absolute Gasteiger partial charge is 0.224 e. The molecule has 0 aromatic heterocycles. The molecule has 0 aromatic carbocycles. The number of carbonyl (C=O) groups is 1. The van der Waals surface area contributed by atoms with E-state index in [2.05, 4.69) is 13.8 Å². The molecule has 2 N–H and O–H groups in total. The number of nitrogens with two attached hydrogens (primary N) is 1. The van der Waals surface area contributed by atoms with E-state index in [4.69, 9.17) is 5.73 Å². The summed E-state index contributed by atoms with van der Waals surface area (Å²) in [6, 6.07) is -0.0170. The van der Waals surface area contributed by atoms with Crippen LogP contribution in [0.4, 0.5) is 0 Å². The summed E-state index contributed by atoms with van der Waals surface area (Å²) >= 11 is 0. The lowest BCUT2D eigenvalue weighted by molar-refractivity contribution is -0.131. The van der Waals surface area contributed by atoms with Gasteiger partial charge in [-0.25, -0.2) is 0 Å². The number of nitrogens with zero attached hydrogens (tertiary/aromatic N) is 1. The van der Waals surface area contributed by atoms with Crippen LogP contribution in [0.5, 0.6) is 0 Å². The van der Waals surface area contributed by atoms with Crippen LogP contribution in [0.1, 0.15) is 46.5 Å². The molecule has 0 saturated carbocycles. The highest BCUT2D eigenvalue weighted by atomic mass is 16.2. The predicted molar refractivity (Wildman–Crippen MR) is 67.0 cm³/mol. The molecule has 3 nitrogen and oxygen atoms in total. The number of hydrogen-bond donors (Lipinski definition) is 1. The van der Waals surface area contributed by atoms with E-state index in [1.807, 2.05) is 11.8 Å². The highest BCUT2D eigenvalue weighted by molar-refractivity contribution is 5.76. The van der Waals surface area contributed by atoms with Crippen LogP contribution in [-0.4, -0.2) is 29.9 Å². The summed E-state index contributed by atoms with van der Waals surface area (Å²) < 4.78 is 0. The lowest BCUT2D eigenvalue weighted by Crippen LogP contribution is -2.35. The van der Waals surface area contributed by atoms with Crippen LogP contribution in [0.3, 0.4) is 0 Å². The zero-order chi connectivity index (χ0) is 12.1. The minimum absolute atomic E-state index is 0.0170. The van der Waals surface area contributed by atoms with E-state index in [0.29, 0.717) is 6.42 Å². The van der Waals surface area contributed by atoms with Crippen molar-refractivity contribution in [2.24, 2.45) is 17.6 Å². The largest absolute Gasteiger partial charge is 0.343 e. The first kappa shape index (κ1) is 13.5. The molecule has 2 atom stereocenters. The van der Waals surface area contributed by atoms with Crippen LogP contribution in [0, 0.1) is 11.8 Å². The first-order valence-corrected chi connectivity index (χ1v) is 6.54. The minimum Gasteiger partial charge on any atom is -0.343 e. The van der Waals surface area contributed by atoms with Gasteiger partial charge in [-0.05, 0) is 38.0 Å². The molecule has 0 radical (unpaired) electrons. The van der Waals surface area contributed by atoms with Gasteiger partial charge in [-0.3, -0.25) is 4.79 Å². The van der Waals surface area contributed by atoms with Crippen molar-refractivity contribution in [3.63, 3.8) is 0 Å². The second-order valence-corrected chi connectivity index (χ2v) is 5.50. The molecule has 0 spiro atoms. The van der Waals surface area contributed by atoms with Gasteiger partial charge >= 0.3 is 0 Å². The van der Waals surface area contributed by atoms with Gasteiger partial charge in [-0.15, -0.1) is 0 Å². The van der Waals surface area contributed by atoms with Gasteiger partial charge in [0.2, 0.25) is 5.91 Å². The second-order valence-electron chi connectivity index (χ2n) is 5.50. The van der Waals surface area contributed by atoms with Crippen LogP contribution < -0.4 is 5.73 Å². The van der Waals surface area contributed by atoms with Crippen LogP contribution >= 0.6 is 0 Å². The van der Waals surface area contributed by atoms with Crippen LogP contribution in [-0.2, 0) is 4.79 Å². The van der Waals surface area contributed by atoms with Crippen molar-refractivity contribution in [1.82, 2.24) is 4.90 Å². The van der Waals surface area contributed by atoms with Crippen molar-refractivity contribution in [3.05, 3.63) is 0 Å². The standard InChI is InChI=1S/C13H26N2O/c1-10(2)12-5-4-7-15(8-6-12)13(16)9-11(3)14/h10-12H,4-9,14H2,1-3H3. The third-order valence-corrected chi connectivity index (χ3v) is 3.56. The van der Waals surface area contributed by atoms with Crippen molar-refractivity contribution >= 4 is 5.91 Å². The maximum Gasteiger partial charge on any atom is 0.224 e. The Morgan fingerprint density at radius 3 is 2.56 bits per heavy atom. The maximum atomic E-state index is 11.9. The lowest BCUT2D eigenvalue weighted by atomic mass is 9.89. The maximum absolute atomic E-state index is 11.9. The van der Waals surface area contributed by atoms with E-state index in [0.717, 1.165) is 37.8 Å². The fourth-order valence-corrected chi connectivity index (χ4v) is 2.44. The van der Waals surface area contributed by atoms with E-state index < -0.39 is 0 Å². The molecule has 1 aliphatic heterocycles. The van der Waals surface area contributed by atoms with Gasteiger partial charge in [-0.1, -0.05) is 13.8 Å². The van der Waals surface area contributed by atoms with Crippen LogP contribution in [0.2, 0.25) is 0 Å². The zero-order valence-corrected chi connectivity index (χ0v) is 10.9. The molecule has 0 bridgehead atoms. The molecule has 1 saturated heterocycles. The number of carbonyl (C=O) groups excluding carboxylic acids is 1. The van der Waals surface area contributed by atoms with E-state index in [9.17, 15) is 4.79 Å². The highest BCUT2D eigenvalue weighted by Crippen LogP contribution is 2.24. The van der Waals surface area contributed by atoms with E-state index in [-0.39, 0.29) is 11.9 Å². The number of hydrogen-bond acceptors (Lipinski definition) is 2. The van der Waals surface area contributed by atoms with Gasteiger partial charge in [0.25, 0.3) is 0 Å². The monoisotopic (exact) mass is 226 g/mol. The normalized spacial score (nSPS) is 24.3. The first-order chi connectivity index (χ1) is 7.50. The van der Waals surface area contributed by atoms with E-state index in [1.54, 1.807) is 0 Å². The number of likely N-dealkylation sites (tertiary alicyclic amines) is 1. The molecule has 1 fully saturated rings. The van der Waals surface area contributed by atoms with Gasteiger partial charge in [0.15, 0.2) is 0 Å². The zero-order valence-electron chi connectivity index (χ0n) is 10.9. The molecule has 16 heavy (non-hydrogen) atoms. The summed E-state index contributed by atoms with van der Waals surface area (Å²) in [6.07, 6.45) is 4.06. The molecule has 1 heterocycles. The average Bonchev–Trinajstić information content (AvgIpc) is 2.41. The van der Waals surface area contributed by atoms with Gasteiger partial charge in [0.1, 0.15) is 0 Å². The molecule has 0 aliphatic carbocycles. The van der Waals surface area contributed by atoms with E-state index >= 15 is 0 Å². The average molecular weight is 226 g/mol. The molecular formula is C13H26N2O. The molecule has 94 valence electrons. The lowest BCUT2D eigenvalue weighted by Gasteiger charge is -2.22. The van der Waals surface area contributed by atoms with E-state index in [1.165, 1.54) is 6.42 Å². The molecule has 2 unspecified atom stereocenters. The molecule has 1 aliphatic rings. The molecule has 1 rings (SSSR count). The highest BCUT2D eigenvalue weighted by Gasteiger charge is 2.22. The molecule has 1 amide bonds. The summed E-state index contributed by atoms with van der Waals surface area (Å²) in [5.41, 5.74) is 5.67. The molecule has 0 aromatic rings. The molecular weight excluding hydrogens is 200 g/mol. The van der Waals surface area contributed by atoms with Crippen molar-refractivity contribution in [2.45, 2.75) is 52.5 Å². The SMILES string of the molecule is CC(N)CC(=O)N1CCCC(C(C)C)CC1. The second kappa shape index (κ2) is 6.24. The van der Waals surface area contributed by atoms with Gasteiger partial charge in [-0.2, -0.15) is 0 Å². The van der Waals surface area contributed by atoms with Crippen LogP contribution in [0.15, 0.2) is 0 Å². The Hall–Kier alpha value is -0.570. The Morgan fingerprint density at radius 1 is 1.31 bits per heavy atom. The van der Waals surface area contributed by atoms with Crippen molar-refractivity contribution < 1.29 is 4.79 Å². The third-order valence-electron chi connectivity index (χ3n) is 3.56. The molecule has 3 heteroatoms. The van der Waals surface area contributed by atoms with Crippen LogP contribution in [0.25, 0.3) is 0 Å².